The number of aromatic nitrogens is 1. The summed E-state index contributed by atoms with van der Waals surface area (Å²) in [6, 6.07) is 14.0. The molecule has 0 unspecified atom stereocenters. The van der Waals surface area contributed by atoms with E-state index < -0.39 is 0 Å². The highest BCUT2D eigenvalue weighted by Gasteiger charge is 2.34. The Hall–Kier alpha value is -2.73. The number of nitrogens with one attached hydrogen (secondary N) is 1. The number of methoxy groups -OCH3 is 1. The maximum atomic E-state index is 13.6. The molecule has 1 heterocycles. The zero-order valence-corrected chi connectivity index (χ0v) is 19.1. The molecule has 0 saturated heterocycles. The van der Waals surface area contributed by atoms with Crippen LogP contribution in [-0.2, 0) is 5.33 Å². The Labute approximate surface area is 190 Å². The SMILES string of the molecule is COc1ccnc([C@H](NC(=O)c2cc(CBr)cc(-c3ccc(F)cc3C)c2)C2CC2)c1. The van der Waals surface area contributed by atoms with Crippen molar-refractivity contribution in [3.05, 3.63) is 82.9 Å². The van der Waals surface area contributed by atoms with Crippen LogP contribution in [0.2, 0.25) is 0 Å². The third-order valence-electron chi connectivity index (χ3n) is 5.60. The second-order valence-electron chi connectivity index (χ2n) is 7.92. The van der Waals surface area contributed by atoms with Crippen LogP contribution in [0.1, 0.15) is 46.1 Å². The largest absolute Gasteiger partial charge is 0.497 e. The van der Waals surface area contributed by atoms with Crippen LogP contribution >= 0.6 is 15.9 Å². The first-order chi connectivity index (χ1) is 15.0. The lowest BCUT2D eigenvalue weighted by Crippen LogP contribution is -2.30. The Morgan fingerprint density at radius 1 is 1.23 bits per heavy atom. The third kappa shape index (κ3) is 4.96. The number of aryl methyl sites for hydroxylation is 1. The minimum absolute atomic E-state index is 0.148. The van der Waals surface area contributed by atoms with E-state index in [1.165, 1.54) is 12.1 Å². The van der Waals surface area contributed by atoms with Crippen LogP contribution in [0.3, 0.4) is 0 Å². The molecule has 1 atom stereocenters. The molecule has 1 amide bonds. The fraction of sp³-hybridized carbons (Fsp3) is 0.280. The Balaban J connectivity index is 1.65. The number of hydrogen-bond donors (Lipinski definition) is 1. The summed E-state index contributed by atoms with van der Waals surface area (Å²) in [4.78, 5) is 17.7. The smallest absolute Gasteiger partial charge is 0.251 e. The van der Waals surface area contributed by atoms with E-state index in [4.69, 9.17) is 4.74 Å². The summed E-state index contributed by atoms with van der Waals surface area (Å²) in [5.74, 6) is 0.682. The number of halogens is 2. The molecule has 31 heavy (non-hydrogen) atoms. The second-order valence-corrected chi connectivity index (χ2v) is 8.48. The van der Waals surface area contributed by atoms with Crippen molar-refractivity contribution in [1.29, 1.82) is 0 Å². The second kappa shape index (κ2) is 9.18. The summed E-state index contributed by atoms with van der Waals surface area (Å²) in [7, 11) is 1.62. The third-order valence-corrected chi connectivity index (χ3v) is 6.24. The van der Waals surface area contributed by atoms with E-state index in [9.17, 15) is 9.18 Å². The van der Waals surface area contributed by atoms with Gasteiger partial charge in [0, 0.05) is 23.2 Å². The topological polar surface area (TPSA) is 51.2 Å². The Kier molecular flexibility index (Phi) is 6.37. The number of ether oxygens (including phenoxy) is 1. The minimum atomic E-state index is -0.270. The standard InChI is InChI=1S/C25H24BrFN2O2/c1-15-9-20(27)5-6-22(15)18-10-16(14-26)11-19(12-18)25(30)29-24(17-3-4-17)23-13-21(31-2)7-8-28-23/h5-13,17,24H,3-4,14H2,1-2H3,(H,29,30)/t24-/m1/s1. The molecule has 0 bridgehead atoms. The van der Waals surface area contributed by atoms with Crippen molar-refractivity contribution in [3.8, 4) is 16.9 Å². The highest BCUT2D eigenvalue weighted by Crippen LogP contribution is 2.41. The fourth-order valence-electron chi connectivity index (χ4n) is 3.82. The normalized spacial score (nSPS) is 14.2. The van der Waals surface area contributed by atoms with Gasteiger partial charge in [-0.05, 0) is 78.3 Å². The maximum absolute atomic E-state index is 13.6. The van der Waals surface area contributed by atoms with Crippen molar-refractivity contribution in [2.24, 2.45) is 5.92 Å². The zero-order chi connectivity index (χ0) is 22.0. The van der Waals surface area contributed by atoms with Gasteiger partial charge in [0.1, 0.15) is 11.6 Å². The molecule has 0 aliphatic heterocycles. The fourth-order valence-corrected chi connectivity index (χ4v) is 4.14. The van der Waals surface area contributed by atoms with Gasteiger partial charge >= 0.3 is 0 Å². The lowest BCUT2D eigenvalue weighted by Gasteiger charge is -2.19. The molecule has 4 rings (SSSR count). The number of carbonyl (C=O) groups excluding carboxylic acids is 1. The van der Waals surface area contributed by atoms with Gasteiger partial charge in [-0.3, -0.25) is 9.78 Å². The van der Waals surface area contributed by atoms with E-state index in [0.29, 0.717) is 16.8 Å². The van der Waals surface area contributed by atoms with Gasteiger partial charge in [0.25, 0.3) is 5.91 Å². The Morgan fingerprint density at radius 2 is 2.03 bits per heavy atom. The van der Waals surface area contributed by atoms with Crippen molar-refractivity contribution in [3.63, 3.8) is 0 Å². The van der Waals surface area contributed by atoms with E-state index in [1.807, 2.05) is 31.2 Å². The van der Waals surface area contributed by atoms with Crippen LogP contribution in [-0.4, -0.2) is 18.0 Å². The summed E-state index contributed by atoms with van der Waals surface area (Å²) < 4.78 is 18.9. The van der Waals surface area contributed by atoms with Gasteiger partial charge in [0.2, 0.25) is 0 Å². The summed E-state index contributed by atoms with van der Waals surface area (Å²) >= 11 is 3.50. The molecule has 1 aromatic heterocycles. The van der Waals surface area contributed by atoms with E-state index in [1.54, 1.807) is 25.4 Å². The first kappa shape index (κ1) is 21.5. The number of carbonyl (C=O) groups is 1. The molecule has 1 N–H and O–H groups in total. The van der Waals surface area contributed by atoms with Gasteiger partial charge in [-0.1, -0.05) is 28.1 Å². The van der Waals surface area contributed by atoms with E-state index in [2.05, 4.69) is 26.2 Å². The average molecular weight is 483 g/mol. The van der Waals surface area contributed by atoms with Crippen molar-refractivity contribution in [2.45, 2.75) is 31.1 Å². The molecule has 6 heteroatoms. The first-order valence-corrected chi connectivity index (χ1v) is 11.4. The van der Waals surface area contributed by atoms with E-state index in [0.717, 1.165) is 46.5 Å². The quantitative estimate of drug-likeness (QED) is 0.421. The van der Waals surface area contributed by atoms with Crippen LogP contribution < -0.4 is 10.1 Å². The van der Waals surface area contributed by atoms with Crippen LogP contribution in [0, 0.1) is 18.7 Å². The molecular weight excluding hydrogens is 459 g/mol. The maximum Gasteiger partial charge on any atom is 0.251 e. The predicted octanol–water partition coefficient (Wildman–Crippen LogP) is 5.98. The molecule has 1 aliphatic carbocycles. The number of nitrogens with zero attached hydrogens (tertiary/aromatic N) is 1. The van der Waals surface area contributed by atoms with Gasteiger partial charge < -0.3 is 10.1 Å². The molecular formula is C25H24BrFN2O2. The van der Waals surface area contributed by atoms with Gasteiger partial charge in [0.05, 0.1) is 18.8 Å². The van der Waals surface area contributed by atoms with Gasteiger partial charge in [-0.2, -0.15) is 0 Å². The number of rotatable bonds is 7. The predicted molar refractivity (Wildman–Crippen MR) is 123 cm³/mol. The van der Waals surface area contributed by atoms with Gasteiger partial charge in [0.15, 0.2) is 0 Å². The summed E-state index contributed by atoms with van der Waals surface area (Å²) in [6.45, 7) is 1.87. The Bertz CT molecular complexity index is 1110. The number of alkyl halides is 1. The summed E-state index contributed by atoms with van der Waals surface area (Å²) in [5, 5.41) is 3.80. The van der Waals surface area contributed by atoms with Crippen LogP contribution in [0.4, 0.5) is 4.39 Å². The minimum Gasteiger partial charge on any atom is -0.497 e. The molecule has 2 aromatic carbocycles. The molecule has 4 nitrogen and oxygen atoms in total. The van der Waals surface area contributed by atoms with E-state index in [-0.39, 0.29) is 17.8 Å². The van der Waals surface area contributed by atoms with Crippen molar-refractivity contribution < 1.29 is 13.9 Å². The van der Waals surface area contributed by atoms with E-state index >= 15 is 0 Å². The Morgan fingerprint density at radius 3 is 2.71 bits per heavy atom. The highest BCUT2D eigenvalue weighted by molar-refractivity contribution is 9.08. The number of hydrogen-bond acceptors (Lipinski definition) is 3. The van der Waals surface area contributed by atoms with Gasteiger partial charge in [-0.15, -0.1) is 0 Å². The lowest BCUT2D eigenvalue weighted by atomic mass is 9.96. The highest BCUT2D eigenvalue weighted by atomic mass is 79.9. The summed E-state index contributed by atoms with van der Waals surface area (Å²) in [5.41, 5.74) is 4.99. The molecule has 3 aromatic rings. The molecule has 0 spiro atoms. The summed E-state index contributed by atoms with van der Waals surface area (Å²) in [6.07, 6.45) is 3.83. The van der Waals surface area contributed by atoms with Gasteiger partial charge in [-0.25, -0.2) is 4.39 Å². The van der Waals surface area contributed by atoms with Crippen LogP contribution in [0.25, 0.3) is 11.1 Å². The lowest BCUT2D eigenvalue weighted by molar-refractivity contribution is 0.0930. The number of benzene rings is 2. The number of pyridine rings is 1. The number of amides is 1. The first-order valence-electron chi connectivity index (χ1n) is 10.3. The molecule has 1 aliphatic rings. The van der Waals surface area contributed by atoms with Crippen molar-refractivity contribution in [1.82, 2.24) is 10.3 Å². The van der Waals surface area contributed by atoms with Crippen molar-refractivity contribution >= 4 is 21.8 Å². The molecule has 0 radical (unpaired) electrons. The van der Waals surface area contributed by atoms with Crippen LogP contribution in [0.15, 0.2) is 54.7 Å². The molecule has 160 valence electrons. The zero-order valence-electron chi connectivity index (χ0n) is 17.5. The average Bonchev–Trinajstić information content (AvgIpc) is 3.62. The van der Waals surface area contributed by atoms with Crippen LogP contribution in [0.5, 0.6) is 5.75 Å². The monoisotopic (exact) mass is 482 g/mol. The van der Waals surface area contributed by atoms with Crippen molar-refractivity contribution in [2.75, 3.05) is 7.11 Å². The molecule has 1 fully saturated rings. The molecule has 1 saturated carbocycles.